The molecular weight excluding hydrogens is 298 g/mol. The topological polar surface area (TPSA) is 118 Å². The Balaban J connectivity index is 1.63. The first-order chi connectivity index (χ1) is 11.0. The molecule has 1 saturated carbocycles. The van der Waals surface area contributed by atoms with E-state index in [1.54, 1.807) is 25.5 Å². The van der Waals surface area contributed by atoms with Crippen LogP contribution in [0, 0.1) is 5.92 Å². The van der Waals surface area contributed by atoms with E-state index in [0.29, 0.717) is 24.6 Å². The summed E-state index contributed by atoms with van der Waals surface area (Å²) in [4.78, 5) is 22.2. The molecule has 0 radical (unpaired) electrons. The van der Waals surface area contributed by atoms with Gasteiger partial charge in [0.15, 0.2) is 0 Å². The summed E-state index contributed by atoms with van der Waals surface area (Å²) in [6.07, 6.45) is 3.59. The predicted octanol–water partition coefficient (Wildman–Crippen LogP) is 0.188. The van der Waals surface area contributed by atoms with Gasteiger partial charge < -0.3 is 20.3 Å². The van der Waals surface area contributed by atoms with E-state index in [1.165, 1.54) is 4.90 Å². The van der Waals surface area contributed by atoms with Crippen LogP contribution in [0.25, 0.3) is 11.4 Å². The fourth-order valence-corrected chi connectivity index (χ4v) is 2.77. The Kier molecular flexibility index (Phi) is 4.35. The minimum atomic E-state index is -0.613. The number of pyridine rings is 1. The van der Waals surface area contributed by atoms with E-state index in [-0.39, 0.29) is 24.4 Å². The summed E-state index contributed by atoms with van der Waals surface area (Å²) >= 11 is 0. The predicted molar refractivity (Wildman–Crippen MR) is 80.7 cm³/mol. The highest BCUT2D eigenvalue weighted by atomic mass is 16.5. The van der Waals surface area contributed by atoms with Crippen molar-refractivity contribution in [2.75, 3.05) is 7.05 Å². The third kappa shape index (κ3) is 3.38. The van der Waals surface area contributed by atoms with Crippen molar-refractivity contribution >= 4 is 5.91 Å². The third-order valence-electron chi connectivity index (χ3n) is 4.06. The Hall–Kier alpha value is -2.32. The smallest absolute Gasteiger partial charge is 0.246 e. The summed E-state index contributed by atoms with van der Waals surface area (Å²) in [5.41, 5.74) is 6.51. The first kappa shape index (κ1) is 15.6. The molecule has 122 valence electrons. The Morgan fingerprint density at radius 2 is 2.35 bits per heavy atom. The van der Waals surface area contributed by atoms with Crippen molar-refractivity contribution < 1.29 is 14.4 Å². The van der Waals surface area contributed by atoms with E-state index in [1.807, 2.05) is 6.07 Å². The molecule has 0 saturated heterocycles. The van der Waals surface area contributed by atoms with Crippen molar-refractivity contribution in [1.29, 1.82) is 0 Å². The number of amides is 1. The number of carbonyl (C=O) groups excluding carboxylic acids is 1. The van der Waals surface area contributed by atoms with Gasteiger partial charge in [-0.1, -0.05) is 5.16 Å². The number of rotatable bonds is 4. The molecule has 8 nitrogen and oxygen atoms in total. The SMILES string of the molecule is CN(Cc1nc(-c2cccnc2)no1)C(=O)[C@H]1C[C@H](N)[C@@H](O)C1. The van der Waals surface area contributed by atoms with Gasteiger partial charge in [0.05, 0.1) is 12.6 Å². The molecule has 1 fully saturated rings. The van der Waals surface area contributed by atoms with Crippen LogP contribution in [0.15, 0.2) is 29.0 Å². The van der Waals surface area contributed by atoms with Gasteiger partial charge in [0.25, 0.3) is 0 Å². The molecule has 23 heavy (non-hydrogen) atoms. The molecule has 1 aliphatic rings. The summed E-state index contributed by atoms with van der Waals surface area (Å²) in [6.45, 7) is 0.216. The van der Waals surface area contributed by atoms with Gasteiger partial charge in [-0.2, -0.15) is 4.98 Å². The largest absolute Gasteiger partial charge is 0.391 e. The lowest BCUT2D eigenvalue weighted by Crippen LogP contribution is -2.32. The first-order valence-corrected chi connectivity index (χ1v) is 7.46. The van der Waals surface area contributed by atoms with Crippen molar-refractivity contribution in [1.82, 2.24) is 20.0 Å². The molecule has 0 spiro atoms. The van der Waals surface area contributed by atoms with Crippen molar-refractivity contribution in [2.45, 2.75) is 31.5 Å². The minimum Gasteiger partial charge on any atom is -0.391 e. The maximum atomic E-state index is 12.4. The number of nitrogens with two attached hydrogens (primary N) is 1. The second-order valence-electron chi connectivity index (χ2n) is 5.85. The van der Waals surface area contributed by atoms with E-state index >= 15 is 0 Å². The number of aliphatic hydroxyl groups is 1. The quantitative estimate of drug-likeness (QED) is 0.826. The molecule has 1 amide bonds. The highest BCUT2D eigenvalue weighted by molar-refractivity contribution is 5.79. The minimum absolute atomic E-state index is 0.0712. The fraction of sp³-hybridized carbons (Fsp3) is 0.467. The van der Waals surface area contributed by atoms with Gasteiger partial charge in [-0.25, -0.2) is 0 Å². The summed E-state index contributed by atoms with van der Waals surface area (Å²) in [6, 6.07) is 3.28. The Morgan fingerprint density at radius 1 is 1.52 bits per heavy atom. The number of nitrogens with zero attached hydrogens (tertiary/aromatic N) is 4. The number of aliphatic hydroxyl groups excluding tert-OH is 1. The van der Waals surface area contributed by atoms with Crippen LogP contribution in [0.5, 0.6) is 0 Å². The van der Waals surface area contributed by atoms with Crippen molar-refractivity contribution in [3.05, 3.63) is 30.4 Å². The van der Waals surface area contributed by atoms with E-state index < -0.39 is 6.10 Å². The maximum Gasteiger partial charge on any atom is 0.246 e. The van der Waals surface area contributed by atoms with Crippen molar-refractivity contribution in [2.24, 2.45) is 11.7 Å². The molecule has 2 aromatic rings. The zero-order valence-electron chi connectivity index (χ0n) is 12.8. The summed E-state index contributed by atoms with van der Waals surface area (Å²) in [5, 5.41) is 13.6. The lowest BCUT2D eigenvalue weighted by atomic mass is 10.1. The van der Waals surface area contributed by atoms with Gasteiger partial charge in [0, 0.05) is 37.0 Å². The molecule has 2 aromatic heterocycles. The summed E-state index contributed by atoms with van der Waals surface area (Å²) in [5.74, 6) is 0.457. The highest BCUT2D eigenvalue weighted by Crippen LogP contribution is 2.26. The highest BCUT2D eigenvalue weighted by Gasteiger charge is 2.36. The van der Waals surface area contributed by atoms with Gasteiger partial charge in [0.2, 0.25) is 17.6 Å². The van der Waals surface area contributed by atoms with Crippen LogP contribution in [0.4, 0.5) is 0 Å². The Morgan fingerprint density at radius 3 is 3.00 bits per heavy atom. The van der Waals surface area contributed by atoms with Crippen molar-refractivity contribution in [3.63, 3.8) is 0 Å². The average molecular weight is 317 g/mol. The van der Waals surface area contributed by atoms with Crippen LogP contribution in [0.3, 0.4) is 0 Å². The Bertz CT molecular complexity index is 665. The standard InChI is InChI=1S/C15H19N5O3/c1-20(15(22)10-5-11(16)12(21)6-10)8-13-18-14(19-23-13)9-3-2-4-17-7-9/h2-4,7,10-12,21H,5-6,8,16H2,1H3/t10-,11-,12-/m0/s1. The third-order valence-corrected chi connectivity index (χ3v) is 4.06. The molecule has 3 atom stereocenters. The summed E-state index contributed by atoms with van der Waals surface area (Å²) < 4.78 is 5.19. The van der Waals surface area contributed by atoms with Crippen molar-refractivity contribution in [3.8, 4) is 11.4 Å². The second-order valence-corrected chi connectivity index (χ2v) is 5.85. The average Bonchev–Trinajstić information content (AvgIpc) is 3.15. The molecule has 1 aliphatic carbocycles. The molecule has 3 rings (SSSR count). The lowest BCUT2D eigenvalue weighted by molar-refractivity contribution is -0.135. The van der Waals surface area contributed by atoms with Gasteiger partial charge in [-0.15, -0.1) is 0 Å². The van der Waals surface area contributed by atoms with Crippen LogP contribution < -0.4 is 5.73 Å². The number of hydrogen-bond acceptors (Lipinski definition) is 7. The normalized spacial score (nSPS) is 23.9. The van der Waals surface area contributed by atoms with Crippen LogP contribution in [-0.2, 0) is 11.3 Å². The number of aromatic nitrogens is 3. The van der Waals surface area contributed by atoms with E-state index in [4.69, 9.17) is 10.3 Å². The van der Waals surface area contributed by atoms with E-state index in [0.717, 1.165) is 5.56 Å². The first-order valence-electron chi connectivity index (χ1n) is 7.46. The monoisotopic (exact) mass is 317 g/mol. The molecule has 0 bridgehead atoms. The second kappa shape index (κ2) is 6.43. The molecule has 3 N–H and O–H groups in total. The summed E-state index contributed by atoms with van der Waals surface area (Å²) in [7, 11) is 1.67. The number of hydrogen-bond donors (Lipinski definition) is 2. The molecule has 0 unspecified atom stereocenters. The van der Waals surface area contributed by atoms with E-state index in [9.17, 15) is 9.90 Å². The van der Waals surface area contributed by atoms with Crippen LogP contribution in [-0.4, -0.2) is 50.2 Å². The fourth-order valence-electron chi connectivity index (χ4n) is 2.77. The lowest BCUT2D eigenvalue weighted by Gasteiger charge is -2.19. The maximum absolute atomic E-state index is 12.4. The molecule has 8 heteroatoms. The molecule has 0 aromatic carbocycles. The Labute approximate surface area is 133 Å². The van der Waals surface area contributed by atoms with Crippen LogP contribution in [0.2, 0.25) is 0 Å². The van der Waals surface area contributed by atoms with Gasteiger partial charge in [-0.05, 0) is 25.0 Å². The van der Waals surface area contributed by atoms with E-state index in [2.05, 4.69) is 15.1 Å². The van der Waals surface area contributed by atoms with Crippen LogP contribution >= 0.6 is 0 Å². The van der Waals surface area contributed by atoms with Gasteiger partial charge >= 0.3 is 0 Å². The zero-order valence-corrected chi connectivity index (χ0v) is 12.8. The molecule has 0 aliphatic heterocycles. The number of carbonyl (C=O) groups is 1. The van der Waals surface area contributed by atoms with Gasteiger partial charge in [-0.3, -0.25) is 9.78 Å². The van der Waals surface area contributed by atoms with Crippen LogP contribution in [0.1, 0.15) is 18.7 Å². The zero-order chi connectivity index (χ0) is 16.4. The molecular formula is C15H19N5O3. The molecule has 2 heterocycles. The van der Waals surface area contributed by atoms with Gasteiger partial charge in [0.1, 0.15) is 0 Å².